The number of nitrogens with one attached hydrogen (secondary N) is 1. The van der Waals surface area contributed by atoms with E-state index in [-0.39, 0.29) is 5.60 Å². The first-order valence-electron chi connectivity index (χ1n) is 7.15. The zero-order valence-electron chi connectivity index (χ0n) is 11.8. The van der Waals surface area contributed by atoms with E-state index in [0.29, 0.717) is 6.04 Å². The van der Waals surface area contributed by atoms with Crippen LogP contribution < -0.4 is 5.32 Å². The maximum absolute atomic E-state index is 6.07. The highest BCUT2D eigenvalue weighted by molar-refractivity contribution is 5.46. The van der Waals surface area contributed by atoms with Gasteiger partial charge in [0, 0.05) is 39.1 Å². The molecular formula is C14H23N3O2. The van der Waals surface area contributed by atoms with Crippen LogP contribution in [-0.2, 0) is 16.5 Å². The van der Waals surface area contributed by atoms with Crippen molar-refractivity contribution in [1.82, 2.24) is 9.78 Å². The number of hydrogen-bond acceptors (Lipinski definition) is 4. The molecule has 3 heterocycles. The van der Waals surface area contributed by atoms with Gasteiger partial charge in [-0.25, -0.2) is 0 Å². The van der Waals surface area contributed by atoms with Crippen LogP contribution in [0.2, 0.25) is 0 Å². The lowest BCUT2D eigenvalue weighted by Gasteiger charge is -2.43. The third kappa shape index (κ3) is 2.77. The zero-order chi connectivity index (χ0) is 13.3. The fraction of sp³-hybridized carbons (Fsp3) is 0.786. The molecule has 1 spiro atoms. The van der Waals surface area contributed by atoms with Crippen LogP contribution in [0.25, 0.3) is 0 Å². The Morgan fingerprint density at radius 2 is 2.16 bits per heavy atom. The predicted octanol–water partition coefficient (Wildman–Crippen LogP) is 1.87. The summed E-state index contributed by atoms with van der Waals surface area (Å²) in [6, 6.07) is 0.481. The maximum atomic E-state index is 6.07. The van der Waals surface area contributed by atoms with Crippen LogP contribution in [0.15, 0.2) is 6.20 Å². The van der Waals surface area contributed by atoms with Crippen LogP contribution in [0.5, 0.6) is 0 Å². The lowest BCUT2D eigenvalue weighted by atomic mass is 9.84. The van der Waals surface area contributed by atoms with Gasteiger partial charge in [-0.15, -0.1) is 0 Å². The van der Waals surface area contributed by atoms with Gasteiger partial charge in [0.15, 0.2) is 0 Å². The molecule has 19 heavy (non-hydrogen) atoms. The topological polar surface area (TPSA) is 48.3 Å². The van der Waals surface area contributed by atoms with Crippen LogP contribution >= 0.6 is 0 Å². The summed E-state index contributed by atoms with van der Waals surface area (Å²) < 4.78 is 13.4. The average Bonchev–Trinajstić information content (AvgIpc) is 2.69. The number of aromatic nitrogens is 2. The van der Waals surface area contributed by atoms with Crippen LogP contribution in [0.4, 0.5) is 5.69 Å². The second kappa shape index (κ2) is 5.13. The normalized spacial score (nSPS) is 26.5. The van der Waals surface area contributed by atoms with E-state index >= 15 is 0 Å². The third-order valence-electron chi connectivity index (χ3n) is 4.27. The molecule has 0 amide bonds. The summed E-state index contributed by atoms with van der Waals surface area (Å²) in [4.78, 5) is 0. The molecule has 1 aromatic rings. The smallest absolute Gasteiger partial charge is 0.0825 e. The molecule has 1 atom stereocenters. The molecular weight excluding hydrogens is 242 g/mol. The van der Waals surface area contributed by atoms with E-state index in [1.54, 1.807) is 0 Å². The maximum Gasteiger partial charge on any atom is 0.0825 e. The minimum Gasteiger partial charge on any atom is -0.381 e. The Hall–Kier alpha value is -1.07. The highest BCUT2D eigenvalue weighted by Crippen LogP contribution is 2.35. The first-order chi connectivity index (χ1) is 9.17. The Kier molecular flexibility index (Phi) is 3.50. The highest BCUT2D eigenvalue weighted by Gasteiger charge is 2.39. The molecule has 0 saturated carbocycles. The number of nitrogens with zero attached hydrogens (tertiary/aromatic N) is 2. The van der Waals surface area contributed by atoms with Crippen molar-refractivity contribution in [2.24, 2.45) is 7.05 Å². The van der Waals surface area contributed by atoms with Gasteiger partial charge in [-0.1, -0.05) is 0 Å². The Labute approximate surface area is 114 Å². The predicted molar refractivity (Wildman–Crippen MR) is 73.3 cm³/mol. The first-order valence-corrected chi connectivity index (χ1v) is 7.15. The molecule has 2 fully saturated rings. The van der Waals surface area contributed by atoms with Crippen molar-refractivity contribution in [3.8, 4) is 0 Å². The van der Waals surface area contributed by atoms with Crippen molar-refractivity contribution in [3.63, 3.8) is 0 Å². The van der Waals surface area contributed by atoms with Crippen LogP contribution in [0, 0.1) is 6.92 Å². The zero-order valence-corrected chi connectivity index (χ0v) is 11.8. The summed E-state index contributed by atoms with van der Waals surface area (Å²) in [7, 11) is 1.96. The Morgan fingerprint density at radius 3 is 2.84 bits per heavy atom. The van der Waals surface area contributed by atoms with E-state index in [0.717, 1.165) is 56.9 Å². The molecule has 1 unspecified atom stereocenters. The number of hydrogen-bond donors (Lipinski definition) is 1. The van der Waals surface area contributed by atoms with Gasteiger partial charge >= 0.3 is 0 Å². The molecule has 0 aliphatic carbocycles. The highest BCUT2D eigenvalue weighted by atomic mass is 16.5. The summed E-state index contributed by atoms with van der Waals surface area (Å²) in [5.41, 5.74) is 2.26. The number of rotatable bonds is 2. The van der Waals surface area contributed by atoms with Crippen LogP contribution in [0.1, 0.15) is 31.4 Å². The van der Waals surface area contributed by atoms with Gasteiger partial charge in [0.05, 0.1) is 17.0 Å². The molecule has 3 rings (SSSR count). The number of ether oxygens (including phenoxy) is 2. The SMILES string of the molecule is Cc1nn(C)cc1NC1CCOC2(CCOCC2)C1. The summed E-state index contributed by atoms with van der Waals surface area (Å²) in [6.45, 7) is 4.56. The molecule has 0 aromatic carbocycles. The molecule has 5 heteroatoms. The largest absolute Gasteiger partial charge is 0.381 e. The quantitative estimate of drug-likeness (QED) is 0.887. The van der Waals surface area contributed by atoms with Gasteiger partial charge in [0.2, 0.25) is 0 Å². The summed E-state index contributed by atoms with van der Waals surface area (Å²) in [5.74, 6) is 0. The lowest BCUT2D eigenvalue weighted by Crippen LogP contribution is -2.47. The Morgan fingerprint density at radius 1 is 1.37 bits per heavy atom. The van der Waals surface area contributed by atoms with Gasteiger partial charge in [0.25, 0.3) is 0 Å². The second-order valence-corrected chi connectivity index (χ2v) is 5.78. The van der Waals surface area contributed by atoms with Crippen LogP contribution in [-0.4, -0.2) is 41.2 Å². The minimum atomic E-state index is 0.0459. The third-order valence-corrected chi connectivity index (χ3v) is 4.27. The molecule has 5 nitrogen and oxygen atoms in total. The summed E-state index contributed by atoms with van der Waals surface area (Å²) >= 11 is 0. The van der Waals surface area contributed by atoms with Gasteiger partial charge in [-0.2, -0.15) is 5.10 Å². The van der Waals surface area contributed by atoms with Crippen LogP contribution in [0.3, 0.4) is 0 Å². The van der Waals surface area contributed by atoms with Crippen molar-refractivity contribution < 1.29 is 9.47 Å². The van der Waals surface area contributed by atoms with E-state index in [9.17, 15) is 0 Å². The van der Waals surface area contributed by atoms with E-state index in [2.05, 4.69) is 16.6 Å². The molecule has 1 N–H and O–H groups in total. The second-order valence-electron chi connectivity index (χ2n) is 5.78. The number of aryl methyl sites for hydroxylation is 2. The minimum absolute atomic E-state index is 0.0459. The molecule has 0 bridgehead atoms. The van der Waals surface area contributed by atoms with Crippen molar-refractivity contribution in [2.45, 2.75) is 44.2 Å². The molecule has 2 saturated heterocycles. The van der Waals surface area contributed by atoms with E-state index in [1.165, 1.54) is 0 Å². The molecule has 2 aliphatic heterocycles. The van der Waals surface area contributed by atoms with Gasteiger partial charge in [0.1, 0.15) is 0 Å². The lowest BCUT2D eigenvalue weighted by molar-refractivity contribution is -0.135. The monoisotopic (exact) mass is 265 g/mol. The summed E-state index contributed by atoms with van der Waals surface area (Å²) in [6.07, 6.45) is 6.25. The van der Waals surface area contributed by atoms with E-state index in [1.807, 2.05) is 18.7 Å². The molecule has 106 valence electrons. The van der Waals surface area contributed by atoms with E-state index < -0.39 is 0 Å². The fourth-order valence-electron chi connectivity index (χ4n) is 3.20. The van der Waals surface area contributed by atoms with Gasteiger partial charge < -0.3 is 14.8 Å². The Bertz CT molecular complexity index is 432. The first kappa shape index (κ1) is 12.9. The molecule has 2 aliphatic rings. The van der Waals surface area contributed by atoms with Crippen molar-refractivity contribution in [2.75, 3.05) is 25.1 Å². The Balaban J connectivity index is 1.66. The van der Waals surface area contributed by atoms with E-state index in [4.69, 9.17) is 9.47 Å². The van der Waals surface area contributed by atoms with Crippen molar-refractivity contribution in [1.29, 1.82) is 0 Å². The average molecular weight is 265 g/mol. The van der Waals surface area contributed by atoms with Crippen molar-refractivity contribution in [3.05, 3.63) is 11.9 Å². The number of anilines is 1. The summed E-state index contributed by atoms with van der Waals surface area (Å²) in [5, 5.41) is 8.02. The molecule has 1 aromatic heterocycles. The fourth-order valence-corrected chi connectivity index (χ4v) is 3.20. The van der Waals surface area contributed by atoms with Crippen molar-refractivity contribution >= 4 is 5.69 Å². The molecule has 0 radical (unpaired) electrons. The van der Waals surface area contributed by atoms with Gasteiger partial charge in [-0.3, -0.25) is 4.68 Å². The standard InChI is InChI=1S/C14H23N3O2/c1-11-13(10-17(2)16-11)15-12-3-6-19-14(9-12)4-7-18-8-5-14/h10,12,15H,3-9H2,1-2H3. The van der Waals surface area contributed by atoms with Gasteiger partial charge in [-0.05, 0) is 32.6 Å².